The normalized spacial score (nSPS) is 11.1. The third kappa shape index (κ3) is 3.71. The summed E-state index contributed by atoms with van der Waals surface area (Å²) in [5.74, 6) is -0.387. The number of halogens is 1. The summed E-state index contributed by atoms with van der Waals surface area (Å²) in [6.07, 6.45) is 0.845. The van der Waals surface area contributed by atoms with Crippen LogP contribution in [0.1, 0.15) is 21.6 Å². The number of hydrogen-bond donors (Lipinski definition) is 0. The summed E-state index contributed by atoms with van der Waals surface area (Å²) in [6.45, 7) is 0.960. The van der Waals surface area contributed by atoms with Crippen molar-refractivity contribution in [2.75, 3.05) is 7.05 Å². The highest BCUT2D eigenvalue weighted by Crippen LogP contribution is 2.27. The third-order valence-corrected chi connectivity index (χ3v) is 5.77. The van der Waals surface area contributed by atoms with E-state index in [1.165, 1.54) is 11.6 Å². The molecule has 0 fully saturated rings. The van der Waals surface area contributed by atoms with Gasteiger partial charge in [-0.25, -0.2) is 4.39 Å². The molecule has 2 heterocycles. The Hall–Kier alpha value is -2.92. The van der Waals surface area contributed by atoms with Crippen LogP contribution in [-0.4, -0.2) is 22.4 Å². The number of fused-ring (bicyclic) bond motifs is 1. The molecule has 0 saturated heterocycles. The Kier molecular flexibility index (Phi) is 5.26. The Morgan fingerprint density at radius 3 is 2.61 bits per heavy atom. The average Bonchev–Trinajstić information content (AvgIpc) is 3.30. The van der Waals surface area contributed by atoms with Crippen LogP contribution in [0.25, 0.3) is 10.2 Å². The summed E-state index contributed by atoms with van der Waals surface area (Å²) in [6, 6.07) is 20.8. The van der Waals surface area contributed by atoms with E-state index in [-0.39, 0.29) is 18.3 Å². The van der Waals surface area contributed by atoms with Crippen molar-refractivity contribution in [2.24, 2.45) is 0 Å². The lowest BCUT2D eigenvalue weighted by atomic mass is 10.1. The highest BCUT2D eigenvalue weighted by molar-refractivity contribution is 7.17. The lowest BCUT2D eigenvalue weighted by Crippen LogP contribution is -2.28. The molecule has 2 aromatic carbocycles. The molecule has 0 atom stereocenters. The molecule has 0 radical (unpaired) electrons. The second-order valence-electron chi connectivity index (χ2n) is 6.84. The van der Waals surface area contributed by atoms with Crippen molar-refractivity contribution in [3.8, 4) is 0 Å². The van der Waals surface area contributed by atoms with E-state index in [1.807, 2.05) is 29.6 Å². The second kappa shape index (κ2) is 7.98. The predicted octanol–water partition coefficient (Wildman–Crippen LogP) is 5.36. The molecule has 5 heteroatoms. The van der Waals surface area contributed by atoms with Crippen LogP contribution in [0.5, 0.6) is 0 Å². The van der Waals surface area contributed by atoms with Gasteiger partial charge in [-0.05, 0) is 35.6 Å². The van der Waals surface area contributed by atoms with E-state index >= 15 is 0 Å². The number of carbonyl (C=O) groups is 1. The first-order valence-electron chi connectivity index (χ1n) is 9.23. The molecule has 4 aromatic rings. The maximum atomic E-state index is 14.0. The molecule has 28 heavy (non-hydrogen) atoms. The summed E-state index contributed by atoms with van der Waals surface area (Å²) in [4.78, 5) is 14.7. The Balaban J connectivity index is 1.59. The zero-order chi connectivity index (χ0) is 19.5. The van der Waals surface area contributed by atoms with Crippen LogP contribution in [0.3, 0.4) is 0 Å². The van der Waals surface area contributed by atoms with Gasteiger partial charge in [-0.2, -0.15) is 0 Å². The maximum Gasteiger partial charge on any atom is 0.270 e. The third-order valence-electron chi connectivity index (χ3n) is 4.92. The van der Waals surface area contributed by atoms with Gasteiger partial charge in [-0.1, -0.05) is 48.5 Å². The first-order valence-corrected chi connectivity index (χ1v) is 10.1. The van der Waals surface area contributed by atoms with Gasteiger partial charge in [0.25, 0.3) is 5.91 Å². The van der Waals surface area contributed by atoms with Gasteiger partial charge >= 0.3 is 0 Å². The van der Waals surface area contributed by atoms with E-state index in [4.69, 9.17) is 0 Å². The summed E-state index contributed by atoms with van der Waals surface area (Å²) in [5.41, 5.74) is 3.47. The minimum atomic E-state index is -0.289. The fourth-order valence-corrected chi connectivity index (χ4v) is 4.25. The minimum Gasteiger partial charge on any atom is -0.336 e. The van der Waals surface area contributed by atoms with Gasteiger partial charge < -0.3 is 9.47 Å². The largest absolute Gasteiger partial charge is 0.336 e. The molecule has 0 aliphatic carbocycles. The molecule has 0 spiro atoms. The van der Waals surface area contributed by atoms with E-state index in [0.29, 0.717) is 11.3 Å². The zero-order valence-corrected chi connectivity index (χ0v) is 16.5. The predicted molar refractivity (Wildman–Crippen MR) is 112 cm³/mol. The Morgan fingerprint density at radius 2 is 1.82 bits per heavy atom. The van der Waals surface area contributed by atoms with Gasteiger partial charge in [-0.3, -0.25) is 4.79 Å². The van der Waals surface area contributed by atoms with E-state index in [1.54, 1.807) is 41.5 Å². The van der Waals surface area contributed by atoms with E-state index in [0.717, 1.165) is 23.2 Å². The fraction of sp³-hybridized carbons (Fsp3) is 0.174. The first-order chi connectivity index (χ1) is 13.6. The average molecular weight is 392 g/mol. The number of hydrogen-bond acceptors (Lipinski definition) is 2. The first kappa shape index (κ1) is 18.4. The van der Waals surface area contributed by atoms with Crippen molar-refractivity contribution in [2.45, 2.75) is 19.5 Å². The standard InChI is InChI=1S/C23H21FN2OS/c1-25(16-18-9-5-6-10-19(18)24)23(27)21-15-22-20(12-14-28-22)26(21)13-11-17-7-3-2-4-8-17/h2-10,12,14-15H,11,13,16H2,1H3. The van der Waals surface area contributed by atoms with Gasteiger partial charge in [0, 0.05) is 25.7 Å². The molecule has 0 aliphatic rings. The summed E-state index contributed by atoms with van der Waals surface area (Å²) in [5, 5.41) is 2.04. The van der Waals surface area contributed by atoms with Gasteiger partial charge in [-0.15, -0.1) is 11.3 Å². The second-order valence-corrected chi connectivity index (χ2v) is 7.79. The van der Waals surface area contributed by atoms with E-state index in [9.17, 15) is 9.18 Å². The van der Waals surface area contributed by atoms with Gasteiger partial charge in [0.15, 0.2) is 0 Å². The number of aromatic nitrogens is 1. The number of aryl methyl sites for hydroxylation is 2. The molecular weight excluding hydrogens is 371 g/mol. The molecule has 3 nitrogen and oxygen atoms in total. The maximum absolute atomic E-state index is 14.0. The smallest absolute Gasteiger partial charge is 0.270 e. The van der Waals surface area contributed by atoms with Crippen molar-refractivity contribution in [3.63, 3.8) is 0 Å². The quantitative estimate of drug-likeness (QED) is 0.434. The highest BCUT2D eigenvalue weighted by atomic mass is 32.1. The van der Waals surface area contributed by atoms with Gasteiger partial charge in [0.1, 0.15) is 11.5 Å². The molecular formula is C23H21FN2OS. The van der Waals surface area contributed by atoms with Crippen LogP contribution >= 0.6 is 11.3 Å². The van der Waals surface area contributed by atoms with Crippen molar-refractivity contribution < 1.29 is 9.18 Å². The van der Waals surface area contributed by atoms with Crippen molar-refractivity contribution in [1.29, 1.82) is 0 Å². The van der Waals surface area contributed by atoms with E-state index in [2.05, 4.69) is 22.8 Å². The molecule has 0 N–H and O–H groups in total. The molecule has 142 valence electrons. The highest BCUT2D eigenvalue weighted by Gasteiger charge is 2.20. The van der Waals surface area contributed by atoms with Crippen LogP contribution in [0, 0.1) is 5.82 Å². The molecule has 2 aromatic heterocycles. The molecule has 1 amide bonds. The molecule has 0 bridgehead atoms. The molecule has 0 unspecified atom stereocenters. The fourth-order valence-electron chi connectivity index (χ4n) is 3.43. The number of rotatable bonds is 6. The number of amides is 1. The lowest BCUT2D eigenvalue weighted by Gasteiger charge is -2.19. The van der Waals surface area contributed by atoms with Crippen LogP contribution in [0.2, 0.25) is 0 Å². The number of thiophene rings is 1. The Morgan fingerprint density at radius 1 is 1.07 bits per heavy atom. The topological polar surface area (TPSA) is 25.2 Å². The summed E-state index contributed by atoms with van der Waals surface area (Å²) < 4.78 is 17.2. The van der Waals surface area contributed by atoms with Crippen molar-refractivity contribution in [3.05, 3.63) is 94.7 Å². The summed E-state index contributed by atoms with van der Waals surface area (Å²) in [7, 11) is 1.72. The summed E-state index contributed by atoms with van der Waals surface area (Å²) >= 11 is 1.63. The lowest BCUT2D eigenvalue weighted by molar-refractivity contribution is 0.0773. The van der Waals surface area contributed by atoms with Crippen LogP contribution in [0.15, 0.2) is 72.1 Å². The number of nitrogens with zero attached hydrogens (tertiary/aromatic N) is 2. The van der Waals surface area contributed by atoms with Crippen LogP contribution in [0.4, 0.5) is 4.39 Å². The molecule has 4 rings (SSSR count). The van der Waals surface area contributed by atoms with Gasteiger partial charge in [0.2, 0.25) is 0 Å². The number of benzene rings is 2. The van der Waals surface area contributed by atoms with Gasteiger partial charge in [0.05, 0.1) is 10.2 Å². The van der Waals surface area contributed by atoms with E-state index < -0.39 is 0 Å². The molecule has 0 aliphatic heterocycles. The SMILES string of the molecule is CN(Cc1ccccc1F)C(=O)c1cc2sccc2n1CCc1ccccc1. The number of carbonyl (C=O) groups excluding carboxylic acids is 1. The monoisotopic (exact) mass is 392 g/mol. The minimum absolute atomic E-state index is 0.0975. The van der Waals surface area contributed by atoms with Crippen molar-refractivity contribution in [1.82, 2.24) is 9.47 Å². The Bertz CT molecular complexity index is 1100. The van der Waals surface area contributed by atoms with Crippen LogP contribution < -0.4 is 0 Å². The molecule has 0 saturated carbocycles. The van der Waals surface area contributed by atoms with Crippen LogP contribution in [-0.2, 0) is 19.5 Å². The van der Waals surface area contributed by atoms with Crippen molar-refractivity contribution >= 4 is 27.5 Å². The zero-order valence-electron chi connectivity index (χ0n) is 15.6. The Labute approximate surface area is 167 Å².